The van der Waals surface area contributed by atoms with Crippen molar-refractivity contribution in [3.63, 3.8) is 0 Å². The summed E-state index contributed by atoms with van der Waals surface area (Å²) in [6.07, 6.45) is 0.858. The zero-order valence-electron chi connectivity index (χ0n) is 16.5. The molecule has 1 aromatic heterocycles. The number of nitrogens with one attached hydrogen (secondary N) is 1. The van der Waals surface area contributed by atoms with Crippen LogP contribution in [0.25, 0.3) is 0 Å². The number of hydrogen-bond acceptors (Lipinski definition) is 4. The van der Waals surface area contributed by atoms with Crippen molar-refractivity contribution >= 4 is 5.91 Å². The smallest absolute Gasteiger partial charge is 0.272 e. The average molecular weight is 370 g/mol. The molecule has 1 aliphatic heterocycles. The lowest BCUT2D eigenvalue weighted by Crippen LogP contribution is -2.35. The highest BCUT2D eigenvalue weighted by atomic mass is 16.3. The van der Waals surface area contributed by atoms with Gasteiger partial charge in [0.15, 0.2) is 5.69 Å². The molecular weight excluding hydrogens is 340 g/mol. The Morgan fingerprint density at radius 3 is 2.67 bits per heavy atom. The highest BCUT2D eigenvalue weighted by molar-refractivity contribution is 5.94. The molecule has 6 heteroatoms. The van der Waals surface area contributed by atoms with Gasteiger partial charge in [0.1, 0.15) is 0 Å². The normalized spacial score (nSPS) is 15.6. The second-order valence-corrected chi connectivity index (χ2v) is 7.71. The van der Waals surface area contributed by atoms with Crippen molar-refractivity contribution in [2.75, 3.05) is 19.7 Å². The van der Waals surface area contributed by atoms with Gasteiger partial charge in [-0.05, 0) is 18.4 Å². The maximum atomic E-state index is 13.0. The SMILES string of the molecule is CC(C)CN1CCc2c(c(C(=O)NC(C)c3ccccc3)nn2CCO)C1. The minimum absolute atomic E-state index is 0.0192. The molecule has 1 aliphatic rings. The van der Waals surface area contributed by atoms with Crippen LogP contribution in [0.2, 0.25) is 0 Å². The predicted molar refractivity (Wildman–Crippen MR) is 105 cm³/mol. The Morgan fingerprint density at radius 1 is 1.26 bits per heavy atom. The molecule has 6 nitrogen and oxygen atoms in total. The number of aliphatic hydroxyl groups excluding tert-OH is 1. The van der Waals surface area contributed by atoms with Crippen molar-refractivity contribution in [3.8, 4) is 0 Å². The van der Waals surface area contributed by atoms with Crippen LogP contribution in [-0.4, -0.2) is 45.4 Å². The first-order chi connectivity index (χ1) is 13.0. The zero-order valence-corrected chi connectivity index (χ0v) is 16.5. The lowest BCUT2D eigenvalue weighted by molar-refractivity contribution is 0.0931. The van der Waals surface area contributed by atoms with Crippen molar-refractivity contribution in [3.05, 3.63) is 52.8 Å². The van der Waals surface area contributed by atoms with E-state index in [1.54, 1.807) is 0 Å². The van der Waals surface area contributed by atoms with E-state index in [9.17, 15) is 9.90 Å². The molecule has 0 spiro atoms. The Bertz CT molecular complexity index is 770. The third-order valence-corrected chi connectivity index (χ3v) is 5.01. The Morgan fingerprint density at radius 2 is 2.00 bits per heavy atom. The van der Waals surface area contributed by atoms with Crippen LogP contribution in [0, 0.1) is 5.92 Å². The fourth-order valence-corrected chi connectivity index (χ4v) is 3.77. The number of aliphatic hydroxyl groups is 1. The Hall–Kier alpha value is -2.18. The number of rotatable bonds is 7. The van der Waals surface area contributed by atoms with Gasteiger partial charge in [-0.15, -0.1) is 0 Å². The summed E-state index contributed by atoms with van der Waals surface area (Å²) >= 11 is 0. The Labute approximate surface area is 161 Å². The average Bonchev–Trinajstić information content (AvgIpc) is 3.00. The van der Waals surface area contributed by atoms with E-state index in [4.69, 9.17) is 0 Å². The summed E-state index contributed by atoms with van der Waals surface area (Å²) in [5, 5.41) is 17.0. The van der Waals surface area contributed by atoms with Crippen molar-refractivity contribution in [2.45, 2.75) is 46.3 Å². The number of amides is 1. The van der Waals surface area contributed by atoms with E-state index in [2.05, 4.69) is 29.2 Å². The molecule has 27 heavy (non-hydrogen) atoms. The second kappa shape index (κ2) is 8.67. The van der Waals surface area contributed by atoms with E-state index < -0.39 is 0 Å². The number of benzene rings is 1. The Kier molecular flexibility index (Phi) is 6.29. The molecule has 0 aliphatic carbocycles. The molecule has 146 valence electrons. The molecule has 1 unspecified atom stereocenters. The quantitative estimate of drug-likeness (QED) is 0.785. The van der Waals surface area contributed by atoms with Crippen LogP contribution in [-0.2, 0) is 19.5 Å². The molecule has 1 atom stereocenters. The summed E-state index contributed by atoms with van der Waals surface area (Å²) < 4.78 is 1.81. The third kappa shape index (κ3) is 4.57. The summed E-state index contributed by atoms with van der Waals surface area (Å²) in [4.78, 5) is 15.4. The van der Waals surface area contributed by atoms with Gasteiger partial charge in [-0.1, -0.05) is 44.2 Å². The van der Waals surface area contributed by atoms with Crippen LogP contribution >= 0.6 is 0 Å². The molecule has 0 bridgehead atoms. The summed E-state index contributed by atoms with van der Waals surface area (Å²) in [6, 6.07) is 9.84. The molecule has 3 rings (SSSR count). The third-order valence-electron chi connectivity index (χ3n) is 5.01. The number of nitrogens with zero attached hydrogens (tertiary/aromatic N) is 3. The number of carbonyl (C=O) groups excluding carboxylic acids is 1. The van der Waals surface area contributed by atoms with Gasteiger partial charge in [0.05, 0.1) is 19.2 Å². The van der Waals surface area contributed by atoms with Crippen LogP contribution in [0.4, 0.5) is 0 Å². The van der Waals surface area contributed by atoms with Crippen LogP contribution in [0.15, 0.2) is 30.3 Å². The number of hydrogen-bond donors (Lipinski definition) is 2. The van der Waals surface area contributed by atoms with Gasteiger partial charge in [-0.3, -0.25) is 14.4 Å². The molecule has 1 aromatic carbocycles. The highest BCUT2D eigenvalue weighted by Crippen LogP contribution is 2.24. The van der Waals surface area contributed by atoms with Crippen LogP contribution < -0.4 is 5.32 Å². The number of aromatic nitrogens is 2. The molecule has 0 saturated carbocycles. The maximum absolute atomic E-state index is 13.0. The summed E-state index contributed by atoms with van der Waals surface area (Å²) in [6.45, 7) is 9.55. The van der Waals surface area contributed by atoms with Crippen molar-refractivity contribution < 1.29 is 9.90 Å². The standard InChI is InChI=1S/C21H30N4O2/c1-15(2)13-24-10-9-19-18(14-24)20(23-25(19)11-12-26)21(27)22-16(3)17-7-5-4-6-8-17/h4-8,15-16,26H,9-14H2,1-3H3,(H,22,27). The van der Waals surface area contributed by atoms with Crippen LogP contribution in [0.1, 0.15) is 54.1 Å². The largest absolute Gasteiger partial charge is 0.394 e. The van der Waals surface area contributed by atoms with Gasteiger partial charge >= 0.3 is 0 Å². The van der Waals surface area contributed by atoms with Crippen molar-refractivity contribution in [1.29, 1.82) is 0 Å². The van der Waals surface area contributed by atoms with E-state index in [-0.39, 0.29) is 18.6 Å². The van der Waals surface area contributed by atoms with E-state index in [1.807, 2.05) is 41.9 Å². The predicted octanol–water partition coefficient (Wildman–Crippen LogP) is 2.38. The summed E-state index contributed by atoms with van der Waals surface area (Å²) in [5.41, 5.74) is 3.65. The molecular formula is C21H30N4O2. The Balaban J connectivity index is 1.83. The monoisotopic (exact) mass is 370 g/mol. The second-order valence-electron chi connectivity index (χ2n) is 7.71. The van der Waals surface area contributed by atoms with E-state index in [1.165, 1.54) is 0 Å². The van der Waals surface area contributed by atoms with Gasteiger partial charge in [-0.2, -0.15) is 5.10 Å². The van der Waals surface area contributed by atoms with Crippen molar-refractivity contribution in [2.24, 2.45) is 5.92 Å². The van der Waals surface area contributed by atoms with Crippen molar-refractivity contribution in [1.82, 2.24) is 20.0 Å². The summed E-state index contributed by atoms with van der Waals surface area (Å²) in [7, 11) is 0. The van der Waals surface area contributed by atoms with Gasteiger partial charge in [0.25, 0.3) is 5.91 Å². The fraction of sp³-hybridized carbons (Fsp3) is 0.524. The van der Waals surface area contributed by atoms with E-state index in [0.29, 0.717) is 18.2 Å². The molecule has 0 radical (unpaired) electrons. The maximum Gasteiger partial charge on any atom is 0.272 e. The van der Waals surface area contributed by atoms with Gasteiger partial charge in [0, 0.05) is 37.3 Å². The van der Waals surface area contributed by atoms with Crippen LogP contribution in [0.5, 0.6) is 0 Å². The molecule has 2 aromatic rings. The van der Waals surface area contributed by atoms with E-state index >= 15 is 0 Å². The fourth-order valence-electron chi connectivity index (χ4n) is 3.77. The first-order valence-electron chi connectivity index (χ1n) is 9.77. The molecule has 0 saturated heterocycles. The first kappa shape index (κ1) is 19.6. The van der Waals surface area contributed by atoms with Gasteiger partial charge in [0.2, 0.25) is 0 Å². The minimum atomic E-state index is -0.148. The highest BCUT2D eigenvalue weighted by Gasteiger charge is 2.28. The van der Waals surface area contributed by atoms with E-state index in [0.717, 1.165) is 42.9 Å². The molecule has 2 heterocycles. The van der Waals surface area contributed by atoms with Gasteiger partial charge < -0.3 is 10.4 Å². The van der Waals surface area contributed by atoms with Crippen LogP contribution in [0.3, 0.4) is 0 Å². The number of fused-ring (bicyclic) bond motifs is 1. The topological polar surface area (TPSA) is 70.4 Å². The zero-order chi connectivity index (χ0) is 19.4. The first-order valence-corrected chi connectivity index (χ1v) is 9.77. The lowest BCUT2D eigenvalue weighted by Gasteiger charge is -2.29. The number of carbonyl (C=O) groups is 1. The minimum Gasteiger partial charge on any atom is -0.394 e. The molecule has 2 N–H and O–H groups in total. The lowest BCUT2D eigenvalue weighted by atomic mass is 10.0. The molecule has 1 amide bonds. The summed E-state index contributed by atoms with van der Waals surface area (Å²) in [5.74, 6) is 0.431. The molecule has 0 fully saturated rings. The van der Waals surface area contributed by atoms with Gasteiger partial charge in [-0.25, -0.2) is 0 Å².